The predicted octanol–water partition coefficient (Wildman–Crippen LogP) is -1.80. The molecule has 2 N–H and O–H groups in total. The third-order valence-corrected chi connectivity index (χ3v) is 0. The van der Waals surface area contributed by atoms with Gasteiger partial charge < -0.3 is 10.4 Å². The van der Waals surface area contributed by atoms with Crippen LogP contribution in [0.4, 0.5) is 0 Å². The molecule has 40 valence electrons. The van der Waals surface area contributed by atoms with Gasteiger partial charge >= 0.3 is 0 Å². The van der Waals surface area contributed by atoms with Crippen LogP contribution in [0.1, 0.15) is 0 Å². The monoisotopic (exact) mass is 157 g/mol. The molecule has 0 aliphatic heterocycles. The van der Waals surface area contributed by atoms with Crippen molar-refractivity contribution in [1.29, 1.82) is 0 Å². The van der Waals surface area contributed by atoms with E-state index in [0.717, 1.165) is 0 Å². The maximum atomic E-state index is 2.08. The molecule has 0 atom stereocenters. The summed E-state index contributed by atoms with van der Waals surface area (Å²) in [5.74, 6) is 0. The molecule has 0 aliphatic carbocycles. The molecule has 2 nitrogen and oxygen atoms in total. The molecule has 0 aromatic rings. The van der Waals surface area contributed by atoms with Gasteiger partial charge in [0.05, 0.1) is 21.1 Å². The van der Waals surface area contributed by atoms with Gasteiger partial charge in [0.1, 0.15) is 0 Å². The smallest absolute Gasteiger partial charge is 0.0661 e. The molecule has 2 radical (unpaired) electrons. The Bertz CT molecular complexity index is 15.5. The summed E-state index contributed by atoms with van der Waals surface area (Å²) in [7, 11) is 6.25. The number of hydrogen-bond donors (Lipinski definition) is 1. The summed E-state index contributed by atoms with van der Waals surface area (Å²) in [6, 6.07) is 0. The molecule has 0 fully saturated rings. The van der Waals surface area contributed by atoms with Crippen LogP contribution in [0.5, 0.6) is 0 Å². The summed E-state index contributed by atoms with van der Waals surface area (Å²) in [5, 5.41) is 0. The van der Waals surface area contributed by atoms with Crippen molar-refractivity contribution in [2.45, 2.75) is 0 Å². The van der Waals surface area contributed by atoms with E-state index in [1.165, 1.54) is 4.90 Å². The molecule has 3 heteroatoms. The Balaban J connectivity index is -0.0000000450. The molecule has 0 saturated carbocycles. The zero-order chi connectivity index (χ0) is 3.58. The van der Waals surface area contributed by atoms with Crippen molar-refractivity contribution in [3.8, 4) is 0 Å². The Labute approximate surface area is 49.3 Å². The normalized spacial score (nSPS) is 6.00. The third kappa shape index (κ3) is 272. The molecule has 0 spiro atoms. The standard InChI is InChI=1S/C3H9N.H2O.Se/c1-4(2)3;;/h1-3H3;1H2;. The van der Waals surface area contributed by atoms with Crippen LogP contribution in [0.15, 0.2) is 0 Å². The molecule has 0 aromatic heterocycles. The number of rotatable bonds is 0. The summed E-state index contributed by atoms with van der Waals surface area (Å²) in [6.45, 7) is 0. The van der Waals surface area contributed by atoms with Crippen LogP contribution in [0.3, 0.4) is 0 Å². The van der Waals surface area contributed by atoms with E-state index in [1.54, 1.807) is 0 Å². The van der Waals surface area contributed by atoms with Gasteiger partial charge in [0.15, 0.2) is 0 Å². The molecule has 0 rings (SSSR count). The van der Waals surface area contributed by atoms with Crippen molar-refractivity contribution in [3.63, 3.8) is 0 Å². The zero-order valence-electron chi connectivity index (χ0n) is 4.36. The van der Waals surface area contributed by atoms with Crippen LogP contribution in [0, 0.1) is 0 Å². The van der Waals surface area contributed by atoms with E-state index in [9.17, 15) is 0 Å². The van der Waals surface area contributed by atoms with Crippen molar-refractivity contribution in [1.82, 2.24) is 0 Å². The average Bonchev–Trinajstić information content (AvgIpc) is 0.811. The largest absolute Gasteiger partial charge is 0.870 e. The molecule has 6 heavy (non-hydrogen) atoms. The summed E-state index contributed by atoms with van der Waals surface area (Å²) in [4.78, 5) is 1.42. The molecule has 0 bridgehead atoms. The van der Waals surface area contributed by atoms with E-state index in [2.05, 4.69) is 21.1 Å². The van der Waals surface area contributed by atoms with E-state index >= 15 is 0 Å². The van der Waals surface area contributed by atoms with Gasteiger partial charge in [0.2, 0.25) is 0 Å². The van der Waals surface area contributed by atoms with Crippen LogP contribution >= 0.6 is 0 Å². The van der Waals surface area contributed by atoms with E-state index in [0.29, 0.717) is 0 Å². The van der Waals surface area contributed by atoms with Crippen LogP contribution in [0.25, 0.3) is 0 Å². The third-order valence-electron chi connectivity index (χ3n) is 0. The average molecular weight is 156 g/mol. The second-order valence-corrected chi connectivity index (χ2v) is 1.50. The fraction of sp³-hybridized carbons (Fsp3) is 1.00. The second-order valence-electron chi connectivity index (χ2n) is 1.50. The molecule has 0 aromatic carbocycles. The molecule has 0 unspecified atom stereocenters. The fourth-order valence-corrected chi connectivity index (χ4v) is 0. The van der Waals surface area contributed by atoms with Gasteiger partial charge in [-0.25, -0.2) is 0 Å². The molecular formula is C3H11NOSe. The number of nitrogens with one attached hydrogen (secondary N) is 1. The Morgan fingerprint density at radius 3 is 1.00 bits per heavy atom. The van der Waals surface area contributed by atoms with E-state index in [4.69, 9.17) is 0 Å². The van der Waals surface area contributed by atoms with E-state index in [1.807, 2.05) is 0 Å². The van der Waals surface area contributed by atoms with Gasteiger partial charge in [-0.05, 0) is 0 Å². The van der Waals surface area contributed by atoms with Crippen molar-refractivity contribution in [2.24, 2.45) is 0 Å². The Hall–Kier alpha value is 0.439. The van der Waals surface area contributed by atoms with Gasteiger partial charge in [-0.3, -0.25) is 0 Å². The summed E-state index contributed by atoms with van der Waals surface area (Å²) in [5.41, 5.74) is 0. The quantitative estimate of drug-likeness (QED) is 0.413. The van der Waals surface area contributed by atoms with Crippen molar-refractivity contribution < 1.29 is 10.4 Å². The topological polar surface area (TPSA) is 34.4 Å². The minimum atomic E-state index is 0. The van der Waals surface area contributed by atoms with Crippen molar-refractivity contribution in [2.75, 3.05) is 21.1 Å². The minimum absolute atomic E-state index is 0. The van der Waals surface area contributed by atoms with Crippen LogP contribution < -0.4 is 4.90 Å². The molecule has 0 heterocycles. The predicted molar refractivity (Wildman–Crippen MR) is 26.4 cm³/mol. The maximum absolute atomic E-state index is 2.08. The van der Waals surface area contributed by atoms with Crippen LogP contribution in [-0.4, -0.2) is 43.7 Å². The molecule has 0 aliphatic rings. The van der Waals surface area contributed by atoms with Gasteiger partial charge in [-0.15, -0.1) is 0 Å². The van der Waals surface area contributed by atoms with Gasteiger partial charge in [-0.1, -0.05) is 0 Å². The SMILES string of the molecule is C[NH+](C)C.[OH-].[Se]. The maximum Gasteiger partial charge on any atom is 0.0661 e. The molecular weight excluding hydrogens is 145 g/mol. The summed E-state index contributed by atoms with van der Waals surface area (Å²) in [6.07, 6.45) is 0. The number of hydrogen-bond acceptors (Lipinski definition) is 1. The molecule has 0 saturated heterocycles. The zero-order valence-corrected chi connectivity index (χ0v) is 6.07. The number of quaternary nitrogens is 1. The van der Waals surface area contributed by atoms with Crippen LogP contribution in [-0.2, 0) is 0 Å². The van der Waals surface area contributed by atoms with Gasteiger partial charge in [-0.2, -0.15) is 0 Å². The van der Waals surface area contributed by atoms with Crippen LogP contribution in [0.2, 0.25) is 0 Å². The first-order valence-electron chi connectivity index (χ1n) is 1.50. The first-order chi connectivity index (χ1) is 1.73. The summed E-state index contributed by atoms with van der Waals surface area (Å²) >= 11 is 0. The van der Waals surface area contributed by atoms with Crippen molar-refractivity contribution >= 4 is 17.1 Å². The fourth-order valence-electron chi connectivity index (χ4n) is 0. The Kier molecular flexibility index (Phi) is 24.3. The molecule has 0 amide bonds. The minimum Gasteiger partial charge on any atom is -0.870 e. The van der Waals surface area contributed by atoms with Gasteiger partial charge in [0, 0.05) is 17.1 Å². The Morgan fingerprint density at radius 2 is 1.00 bits per heavy atom. The second kappa shape index (κ2) is 9.06. The summed E-state index contributed by atoms with van der Waals surface area (Å²) < 4.78 is 0. The van der Waals surface area contributed by atoms with E-state index < -0.39 is 0 Å². The van der Waals surface area contributed by atoms with Gasteiger partial charge in [0.25, 0.3) is 0 Å². The van der Waals surface area contributed by atoms with E-state index in [-0.39, 0.29) is 22.5 Å². The first-order valence-corrected chi connectivity index (χ1v) is 1.50. The van der Waals surface area contributed by atoms with Crippen molar-refractivity contribution in [3.05, 3.63) is 0 Å². The Morgan fingerprint density at radius 1 is 1.00 bits per heavy atom. The first kappa shape index (κ1) is 16.1.